The number of carbonyl (C=O) groups excluding carboxylic acids is 1. The summed E-state index contributed by atoms with van der Waals surface area (Å²) in [5.74, 6) is -2.79. The zero-order chi connectivity index (χ0) is 19.6. The lowest BCUT2D eigenvalue weighted by molar-refractivity contribution is -0.250. The van der Waals surface area contributed by atoms with Gasteiger partial charge in [0.05, 0.1) is 37.1 Å². The molecule has 2 rings (SSSR count). The minimum atomic E-state index is -1.54. The number of amides is 1. The van der Waals surface area contributed by atoms with Crippen LogP contribution in [-0.4, -0.2) is 98.1 Å². The highest BCUT2D eigenvalue weighted by Gasteiger charge is 2.48. The maximum atomic E-state index is 11.4. The number of nitrogens with one attached hydrogen (secondary N) is 1. The first-order valence-corrected chi connectivity index (χ1v) is 8.29. The summed E-state index contributed by atoms with van der Waals surface area (Å²) >= 11 is 0. The van der Waals surface area contributed by atoms with Gasteiger partial charge in [-0.25, -0.2) is 4.79 Å². The van der Waals surface area contributed by atoms with Crippen LogP contribution < -0.4 is 5.32 Å². The maximum absolute atomic E-state index is 11.4. The molecule has 0 aliphatic carbocycles. The molecule has 2 saturated heterocycles. The summed E-state index contributed by atoms with van der Waals surface area (Å²) in [7, 11) is 0. The van der Waals surface area contributed by atoms with Crippen molar-refractivity contribution in [2.45, 2.75) is 68.7 Å². The summed E-state index contributed by atoms with van der Waals surface area (Å²) < 4.78 is 10.4. The Hall–Kier alpha value is -1.34. The summed E-state index contributed by atoms with van der Waals surface area (Å²) in [5, 5.41) is 61.2. The molecule has 0 saturated carbocycles. The van der Waals surface area contributed by atoms with Crippen molar-refractivity contribution in [2.75, 3.05) is 6.61 Å². The normalized spacial score (nSPS) is 43.7. The van der Waals surface area contributed by atoms with Gasteiger partial charge in [-0.3, -0.25) is 4.79 Å². The van der Waals surface area contributed by atoms with Crippen molar-refractivity contribution >= 4 is 11.9 Å². The number of aliphatic hydroxyl groups is 5. The van der Waals surface area contributed by atoms with Gasteiger partial charge in [-0.2, -0.15) is 0 Å². The molecule has 2 aliphatic heterocycles. The van der Waals surface area contributed by atoms with Crippen LogP contribution in [-0.2, 0) is 19.1 Å². The molecule has 0 aromatic heterocycles. The van der Waals surface area contributed by atoms with E-state index in [-0.39, 0.29) is 12.8 Å². The van der Waals surface area contributed by atoms with Gasteiger partial charge in [-0.05, 0) is 6.42 Å². The van der Waals surface area contributed by atoms with Gasteiger partial charge < -0.3 is 45.4 Å². The lowest BCUT2D eigenvalue weighted by Crippen LogP contribution is -2.62. The van der Waals surface area contributed by atoms with Gasteiger partial charge in [0, 0.05) is 19.3 Å². The summed E-state index contributed by atoms with van der Waals surface area (Å²) in [6.07, 6.45) is -9.55. The van der Waals surface area contributed by atoms with Crippen LogP contribution in [0.15, 0.2) is 0 Å². The molecule has 1 amide bonds. The number of aliphatic carboxylic acids is 1. The number of rotatable bonds is 5. The highest BCUT2D eigenvalue weighted by atomic mass is 16.6. The van der Waals surface area contributed by atoms with Gasteiger partial charge in [0.2, 0.25) is 5.91 Å². The van der Waals surface area contributed by atoms with E-state index in [4.69, 9.17) is 14.6 Å². The van der Waals surface area contributed by atoms with Crippen LogP contribution >= 0.6 is 0 Å². The Morgan fingerprint density at radius 1 is 1.08 bits per heavy atom. The second-order valence-corrected chi connectivity index (χ2v) is 6.67. The zero-order valence-electron chi connectivity index (χ0n) is 14.1. The SMILES string of the molecule is CC(=O)NC1C(O)OC(CO)C(O)C1CC1OC(C(=O)O)C(O)CC1O. The van der Waals surface area contributed by atoms with Gasteiger partial charge in [-0.15, -0.1) is 0 Å². The van der Waals surface area contributed by atoms with E-state index >= 15 is 0 Å². The molecule has 2 heterocycles. The number of carboxylic acids is 1. The molecule has 11 heteroatoms. The van der Waals surface area contributed by atoms with Crippen LogP contribution in [0.25, 0.3) is 0 Å². The summed E-state index contributed by atoms with van der Waals surface area (Å²) in [6.45, 7) is 0.614. The molecule has 0 bridgehead atoms. The van der Waals surface area contributed by atoms with Crippen molar-refractivity contribution in [3.8, 4) is 0 Å². The van der Waals surface area contributed by atoms with Crippen molar-refractivity contribution in [2.24, 2.45) is 5.92 Å². The fourth-order valence-electron chi connectivity index (χ4n) is 3.49. The van der Waals surface area contributed by atoms with Gasteiger partial charge in [-0.1, -0.05) is 0 Å². The fourth-order valence-corrected chi connectivity index (χ4v) is 3.49. The van der Waals surface area contributed by atoms with Crippen LogP contribution in [0.1, 0.15) is 19.8 Å². The molecular formula is C15H25NO10. The fraction of sp³-hybridized carbons (Fsp3) is 0.867. The van der Waals surface area contributed by atoms with Gasteiger partial charge >= 0.3 is 5.97 Å². The van der Waals surface area contributed by atoms with Crippen LogP contribution in [0, 0.1) is 5.92 Å². The van der Waals surface area contributed by atoms with Crippen molar-refractivity contribution < 1.29 is 49.7 Å². The Balaban J connectivity index is 2.20. The van der Waals surface area contributed by atoms with E-state index < -0.39 is 73.4 Å². The van der Waals surface area contributed by atoms with E-state index in [1.165, 1.54) is 6.92 Å². The molecule has 9 atom stereocenters. The number of hydrogen-bond acceptors (Lipinski definition) is 9. The topological polar surface area (TPSA) is 186 Å². The lowest BCUT2D eigenvalue weighted by Gasteiger charge is -2.45. The van der Waals surface area contributed by atoms with E-state index in [1.807, 2.05) is 0 Å². The van der Waals surface area contributed by atoms with Crippen molar-refractivity contribution in [1.29, 1.82) is 0 Å². The number of aliphatic hydroxyl groups excluding tert-OH is 5. The number of hydrogen-bond donors (Lipinski definition) is 7. The number of carbonyl (C=O) groups is 2. The van der Waals surface area contributed by atoms with Crippen LogP contribution in [0.3, 0.4) is 0 Å². The monoisotopic (exact) mass is 379 g/mol. The molecule has 0 spiro atoms. The maximum Gasteiger partial charge on any atom is 0.335 e. The third kappa shape index (κ3) is 4.49. The molecule has 26 heavy (non-hydrogen) atoms. The van der Waals surface area contributed by atoms with Crippen molar-refractivity contribution in [1.82, 2.24) is 5.32 Å². The van der Waals surface area contributed by atoms with Crippen LogP contribution in [0.2, 0.25) is 0 Å². The van der Waals surface area contributed by atoms with Gasteiger partial charge in [0.1, 0.15) is 6.10 Å². The smallest absolute Gasteiger partial charge is 0.335 e. The number of ether oxygens (including phenoxy) is 2. The van der Waals surface area contributed by atoms with Crippen LogP contribution in [0.4, 0.5) is 0 Å². The molecule has 11 nitrogen and oxygen atoms in total. The van der Waals surface area contributed by atoms with E-state index in [0.717, 1.165) is 0 Å². The molecule has 2 aliphatic rings. The van der Waals surface area contributed by atoms with E-state index in [1.54, 1.807) is 0 Å². The molecule has 150 valence electrons. The summed E-state index contributed by atoms with van der Waals surface area (Å²) in [6, 6.07) is -1.06. The minimum Gasteiger partial charge on any atom is -0.479 e. The van der Waals surface area contributed by atoms with Gasteiger partial charge in [0.25, 0.3) is 0 Å². The Bertz CT molecular complexity index is 517. The lowest BCUT2D eigenvalue weighted by atomic mass is 9.80. The average molecular weight is 379 g/mol. The predicted molar refractivity (Wildman–Crippen MR) is 82.6 cm³/mol. The third-order valence-corrected chi connectivity index (χ3v) is 4.78. The molecular weight excluding hydrogens is 354 g/mol. The van der Waals surface area contributed by atoms with Crippen molar-refractivity contribution in [3.63, 3.8) is 0 Å². The third-order valence-electron chi connectivity index (χ3n) is 4.78. The zero-order valence-corrected chi connectivity index (χ0v) is 14.1. The van der Waals surface area contributed by atoms with Crippen LogP contribution in [0.5, 0.6) is 0 Å². The first-order valence-electron chi connectivity index (χ1n) is 8.29. The molecule has 0 radical (unpaired) electrons. The van der Waals surface area contributed by atoms with E-state index in [9.17, 15) is 35.1 Å². The molecule has 7 N–H and O–H groups in total. The molecule has 2 fully saturated rings. The Labute approximate surface area is 149 Å². The highest BCUT2D eigenvalue weighted by molar-refractivity contribution is 5.73. The van der Waals surface area contributed by atoms with E-state index in [0.29, 0.717) is 0 Å². The first kappa shape index (κ1) is 21.0. The highest BCUT2D eigenvalue weighted by Crippen LogP contribution is 2.33. The summed E-state index contributed by atoms with van der Waals surface area (Å²) in [4.78, 5) is 22.6. The Kier molecular flexibility index (Phi) is 6.91. The second kappa shape index (κ2) is 8.57. The Morgan fingerprint density at radius 3 is 2.27 bits per heavy atom. The largest absolute Gasteiger partial charge is 0.479 e. The number of carboxylic acid groups (broad SMARTS) is 1. The quantitative estimate of drug-likeness (QED) is 0.253. The summed E-state index contributed by atoms with van der Waals surface area (Å²) in [5.41, 5.74) is 0. The molecule has 0 aromatic carbocycles. The van der Waals surface area contributed by atoms with Crippen molar-refractivity contribution in [3.05, 3.63) is 0 Å². The van der Waals surface area contributed by atoms with Gasteiger partial charge in [0.15, 0.2) is 12.4 Å². The average Bonchev–Trinajstić information content (AvgIpc) is 2.55. The standard InChI is InChI=1S/C15H25NO10/c1-5(18)16-11-6(12(21)10(4-17)26-15(11)24)2-9-7(19)3-8(20)13(25-9)14(22)23/h6-13,15,17,19-21,24H,2-4H2,1H3,(H,16,18)(H,22,23). The molecule has 9 unspecified atom stereocenters. The van der Waals surface area contributed by atoms with E-state index in [2.05, 4.69) is 5.32 Å². The second-order valence-electron chi connectivity index (χ2n) is 6.67. The predicted octanol–water partition coefficient (Wildman–Crippen LogP) is -3.47. The first-order chi connectivity index (χ1) is 12.1. The molecule has 0 aromatic rings. The Morgan fingerprint density at radius 2 is 1.73 bits per heavy atom. The minimum absolute atomic E-state index is 0.138.